The lowest BCUT2D eigenvalue weighted by atomic mass is 9.98. The van der Waals surface area contributed by atoms with Crippen molar-refractivity contribution in [3.63, 3.8) is 0 Å². The molecule has 8 nitrogen and oxygen atoms in total. The van der Waals surface area contributed by atoms with Crippen LogP contribution in [0, 0.1) is 19.8 Å². The number of sulfonamides is 1. The maximum absolute atomic E-state index is 13.5. The van der Waals surface area contributed by atoms with Crippen LogP contribution in [0.3, 0.4) is 0 Å². The molecule has 0 radical (unpaired) electrons. The van der Waals surface area contributed by atoms with E-state index in [9.17, 15) is 18.0 Å². The van der Waals surface area contributed by atoms with E-state index in [4.69, 9.17) is 4.74 Å². The number of hydrogen-bond acceptors (Lipinski definition) is 5. The van der Waals surface area contributed by atoms with Crippen molar-refractivity contribution < 1.29 is 22.7 Å². The number of benzene rings is 2. The fourth-order valence-electron chi connectivity index (χ4n) is 4.38. The molecule has 182 valence electrons. The molecule has 0 aliphatic carbocycles. The fraction of sp³-hybridized carbons (Fsp3) is 0.440. The molecule has 2 aliphatic rings. The molecule has 1 saturated heterocycles. The van der Waals surface area contributed by atoms with E-state index in [-0.39, 0.29) is 23.3 Å². The van der Waals surface area contributed by atoms with Crippen molar-refractivity contribution in [2.24, 2.45) is 5.92 Å². The van der Waals surface area contributed by atoms with Gasteiger partial charge in [-0.15, -0.1) is 0 Å². The van der Waals surface area contributed by atoms with E-state index in [1.807, 2.05) is 38.1 Å². The van der Waals surface area contributed by atoms with E-state index in [1.54, 1.807) is 13.0 Å². The molecule has 2 unspecified atom stereocenters. The second-order valence-electron chi connectivity index (χ2n) is 9.02. The Kier molecular flexibility index (Phi) is 6.95. The molecule has 0 aromatic heterocycles. The monoisotopic (exact) mass is 485 g/mol. The molecule has 9 heteroatoms. The number of fused-ring (bicyclic) bond motifs is 1. The van der Waals surface area contributed by atoms with Crippen LogP contribution in [-0.4, -0.2) is 43.7 Å². The number of nitrogens with one attached hydrogen (secondary N) is 2. The van der Waals surface area contributed by atoms with Gasteiger partial charge >= 0.3 is 0 Å². The van der Waals surface area contributed by atoms with Crippen LogP contribution in [0.1, 0.15) is 42.9 Å². The summed E-state index contributed by atoms with van der Waals surface area (Å²) in [7, 11) is -3.84. The first-order valence-corrected chi connectivity index (χ1v) is 13.1. The number of aryl methyl sites for hydroxylation is 2. The summed E-state index contributed by atoms with van der Waals surface area (Å²) in [6, 6.07) is 11.1. The van der Waals surface area contributed by atoms with Gasteiger partial charge in [0.25, 0.3) is 5.91 Å². The lowest BCUT2D eigenvalue weighted by Gasteiger charge is -2.32. The molecular formula is C25H31N3O5S. The van der Waals surface area contributed by atoms with Gasteiger partial charge in [0.15, 0.2) is 6.10 Å². The highest BCUT2D eigenvalue weighted by Gasteiger charge is 2.35. The Labute approximate surface area is 200 Å². The molecule has 2 aromatic carbocycles. The molecule has 0 saturated carbocycles. The largest absolute Gasteiger partial charge is 0.478 e. The standard InChI is InChI=1S/C25H31N3O5S/c1-4-21-25(30)27-20-12-17(3)23(13-22(20)33-21)34(31,32)28-11-5-6-19(15-28)24(29)26-14-18-9-7-16(2)8-10-18/h7-10,12-13,19,21H,4-6,11,14-15H2,1-3H3,(H,26,29)(H,27,30). The van der Waals surface area contributed by atoms with Gasteiger partial charge < -0.3 is 15.4 Å². The van der Waals surface area contributed by atoms with E-state index in [0.717, 1.165) is 11.1 Å². The third-order valence-corrected chi connectivity index (χ3v) is 8.43. The van der Waals surface area contributed by atoms with E-state index < -0.39 is 22.0 Å². The maximum atomic E-state index is 13.5. The summed E-state index contributed by atoms with van der Waals surface area (Å²) in [4.78, 5) is 25.0. The smallest absolute Gasteiger partial charge is 0.265 e. The van der Waals surface area contributed by atoms with Crippen molar-refractivity contribution in [2.45, 2.75) is 57.6 Å². The number of ether oxygens (including phenoxy) is 1. The molecule has 34 heavy (non-hydrogen) atoms. The highest BCUT2D eigenvalue weighted by atomic mass is 32.2. The van der Waals surface area contributed by atoms with Crippen LogP contribution >= 0.6 is 0 Å². The summed E-state index contributed by atoms with van der Waals surface area (Å²) in [6.45, 7) is 6.44. The minimum atomic E-state index is -3.84. The molecule has 0 spiro atoms. The van der Waals surface area contributed by atoms with Crippen molar-refractivity contribution in [3.05, 3.63) is 53.1 Å². The van der Waals surface area contributed by atoms with Gasteiger partial charge in [-0.2, -0.15) is 4.31 Å². The molecule has 2 heterocycles. The Morgan fingerprint density at radius 1 is 1.21 bits per heavy atom. The molecule has 2 N–H and O–H groups in total. The van der Waals surface area contributed by atoms with E-state index in [0.29, 0.717) is 49.4 Å². The third kappa shape index (κ3) is 4.95. The number of hydrogen-bond donors (Lipinski definition) is 2. The van der Waals surface area contributed by atoms with Gasteiger partial charge in [0.1, 0.15) is 5.75 Å². The van der Waals surface area contributed by atoms with E-state index in [2.05, 4.69) is 10.6 Å². The van der Waals surface area contributed by atoms with E-state index in [1.165, 1.54) is 10.4 Å². The average molecular weight is 486 g/mol. The predicted octanol–water partition coefficient (Wildman–Crippen LogP) is 3.13. The Morgan fingerprint density at radius 3 is 2.65 bits per heavy atom. The summed E-state index contributed by atoms with van der Waals surface area (Å²) in [6.07, 6.45) is 1.08. The average Bonchev–Trinajstić information content (AvgIpc) is 2.82. The molecule has 0 bridgehead atoms. The normalized spacial score (nSPS) is 20.7. The molecule has 2 atom stereocenters. The molecule has 1 fully saturated rings. The Balaban J connectivity index is 1.48. The second kappa shape index (κ2) is 9.76. The number of rotatable bonds is 6. The highest BCUT2D eigenvalue weighted by molar-refractivity contribution is 7.89. The number of piperidine rings is 1. The number of carbonyl (C=O) groups excluding carboxylic acids is 2. The zero-order valence-corrected chi connectivity index (χ0v) is 20.6. The summed E-state index contributed by atoms with van der Waals surface area (Å²) < 4.78 is 34.2. The summed E-state index contributed by atoms with van der Waals surface area (Å²) in [5.74, 6) is -0.438. The SMILES string of the molecule is CCC1Oc2cc(S(=O)(=O)N3CCCC(C(=O)NCc4ccc(C)cc4)C3)c(C)cc2NC1=O. The molecule has 2 aromatic rings. The van der Waals surface area contributed by atoms with Gasteiger partial charge in [-0.05, 0) is 50.3 Å². The number of amides is 2. The van der Waals surface area contributed by atoms with Crippen LogP contribution in [0.25, 0.3) is 0 Å². The summed E-state index contributed by atoms with van der Waals surface area (Å²) in [5, 5.41) is 5.73. The Morgan fingerprint density at radius 2 is 1.94 bits per heavy atom. The molecule has 4 rings (SSSR count). The Bertz CT molecular complexity index is 1190. The quantitative estimate of drug-likeness (QED) is 0.654. The zero-order chi connectivity index (χ0) is 24.5. The highest BCUT2D eigenvalue weighted by Crippen LogP contribution is 2.36. The minimum absolute atomic E-state index is 0.133. The van der Waals surface area contributed by atoms with Crippen molar-refractivity contribution >= 4 is 27.5 Å². The van der Waals surface area contributed by atoms with Crippen molar-refractivity contribution in [3.8, 4) is 5.75 Å². The van der Waals surface area contributed by atoms with E-state index >= 15 is 0 Å². The first-order valence-electron chi connectivity index (χ1n) is 11.6. The van der Waals surface area contributed by atoms with Crippen LogP contribution in [0.5, 0.6) is 5.75 Å². The van der Waals surface area contributed by atoms with Crippen molar-refractivity contribution in [1.82, 2.24) is 9.62 Å². The lowest BCUT2D eigenvalue weighted by molar-refractivity contribution is -0.126. The number of nitrogens with zero attached hydrogens (tertiary/aromatic N) is 1. The molecule has 2 amide bonds. The van der Waals surface area contributed by atoms with Gasteiger partial charge in [0.2, 0.25) is 15.9 Å². The van der Waals surface area contributed by atoms with Crippen LogP contribution in [0.4, 0.5) is 5.69 Å². The van der Waals surface area contributed by atoms with Crippen molar-refractivity contribution in [2.75, 3.05) is 18.4 Å². The van der Waals surface area contributed by atoms with Gasteiger partial charge in [0.05, 0.1) is 16.5 Å². The number of carbonyl (C=O) groups is 2. The van der Waals surface area contributed by atoms with Crippen molar-refractivity contribution in [1.29, 1.82) is 0 Å². The molecule has 2 aliphatic heterocycles. The molecular weight excluding hydrogens is 454 g/mol. The fourth-order valence-corrected chi connectivity index (χ4v) is 6.13. The predicted molar refractivity (Wildman–Crippen MR) is 129 cm³/mol. The summed E-state index contributed by atoms with van der Waals surface area (Å²) >= 11 is 0. The number of anilines is 1. The van der Waals surface area contributed by atoms with Crippen LogP contribution in [-0.2, 0) is 26.2 Å². The first-order chi connectivity index (χ1) is 16.2. The zero-order valence-electron chi connectivity index (χ0n) is 19.8. The minimum Gasteiger partial charge on any atom is -0.478 e. The van der Waals surface area contributed by atoms with Gasteiger partial charge in [-0.25, -0.2) is 8.42 Å². The first kappa shape index (κ1) is 24.2. The summed E-state index contributed by atoms with van der Waals surface area (Å²) in [5.41, 5.74) is 3.14. The van der Waals surface area contributed by atoms with Gasteiger partial charge in [-0.3, -0.25) is 9.59 Å². The lowest BCUT2D eigenvalue weighted by Crippen LogP contribution is -2.45. The maximum Gasteiger partial charge on any atom is 0.265 e. The van der Waals surface area contributed by atoms with Gasteiger partial charge in [0, 0.05) is 25.7 Å². The van der Waals surface area contributed by atoms with Crippen LogP contribution in [0.15, 0.2) is 41.3 Å². The van der Waals surface area contributed by atoms with Gasteiger partial charge in [-0.1, -0.05) is 36.8 Å². The van der Waals surface area contributed by atoms with Crippen LogP contribution < -0.4 is 15.4 Å². The van der Waals surface area contributed by atoms with Crippen LogP contribution in [0.2, 0.25) is 0 Å². The third-order valence-electron chi connectivity index (χ3n) is 6.43. The topological polar surface area (TPSA) is 105 Å². The Hall–Kier alpha value is -2.91. The second-order valence-corrected chi connectivity index (χ2v) is 10.9.